The molecule has 3 atom stereocenters. The summed E-state index contributed by atoms with van der Waals surface area (Å²) >= 11 is 0. The SMILES string of the molecule is COc1ccc(NC(=O)CC(C)NC(C)CN2CCCC(C)C2)c(OC)c1. The van der Waals surface area contributed by atoms with Crippen molar-refractivity contribution in [3.05, 3.63) is 18.2 Å². The molecular weight excluding hydrogens is 342 g/mol. The van der Waals surface area contributed by atoms with Crippen LogP contribution < -0.4 is 20.1 Å². The van der Waals surface area contributed by atoms with Gasteiger partial charge in [-0.05, 0) is 51.3 Å². The van der Waals surface area contributed by atoms with E-state index in [0.29, 0.717) is 29.6 Å². The lowest BCUT2D eigenvalue weighted by molar-refractivity contribution is -0.116. The third kappa shape index (κ3) is 7.03. The summed E-state index contributed by atoms with van der Waals surface area (Å²) in [5, 5.41) is 6.49. The number of rotatable bonds is 9. The summed E-state index contributed by atoms with van der Waals surface area (Å²) in [5.74, 6) is 2.04. The number of carbonyl (C=O) groups excluding carboxylic acids is 1. The van der Waals surface area contributed by atoms with Crippen molar-refractivity contribution < 1.29 is 14.3 Å². The van der Waals surface area contributed by atoms with Crippen LogP contribution in [0.15, 0.2) is 18.2 Å². The number of likely N-dealkylation sites (tertiary alicyclic amines) is 1. The number of methoxy groups -OCH3 is 2. The molecule has 1 aromatic carbocycles. The topological polar surface area (TPSA) is 62.8 Å². The largest absolute Gasteiger partial charge is 0.497 e. The number of nitrogens with one attached hydrogen (secondary N) is 2. The highest BCUT2D eigenvalue weighted by Gasteiger charge is 2.19. The first-order valence-corrected chi connectivity index (χ1v) is 9.91. The number of hydrogen-bond donors (Lipinski definition) is 2. The molecule has 1 amide bonds. The van der Waals surface area contributed by atoms with Gasteiger partial charge in [0.25, 0.3) is 0 Å². The van der Waals surface area contributed by atoms with Crippen LogP contribution >= 0.6 is 0 Å². The van der Waals surface area contributed by atoms with Crippen LogP contribution in [0.3, 0.4) is 0 Å². The highest BCUT2D eigenvalue weighted by atomic mass is 16.5. The molecule has 0 spiro atoms. The Balaban J connectivity index is 1.79. The summed E-state index contributed by atoms with van der Waals surface area (Å²) in [6.45, 7) is 9.97. The third-order valence-electron chi connectivity index (χ3n) is 5.02. The Bertz CT molecular complexity index is 608. The van der Waals surface area contributed by atoms with E-state index < -0.39 is 0 Å². The Kier molecular flexibility index (Phi) is 8.38. The first-order chi connectivity index (χ1) is 12.9. The van der Waals surface area contributed by atoms with Crippen LogP contribution in [0.5, 0.6) is 11.5 Å². The van der Waals surface area contributed by atoms with Crippen molar-refractivity contribution in [2.45, 2.75) is 52.1 Å². The van der Waals surface area contributed by atoms with Crippen molar-refractivity contribution >= 4 is 11.6 Å². The number of anilines is 1. The molecule has 3 unspecified atom stereocenters. The Hall–Kier alpha value is -1.79. The fraction of sp³-hybridized carbons (Fsp3) is 0.667. The van der Waals surface area contributed by atoms with Crippen molar-refractivity contribution in [3.63, 3.8) is 0 Å². The van der Waals surface area contributed by atoms with Crippen molar-refractivity contribution in [3.8, 4) is 11.5 Å². The lowest BCUT2D eigenvalue weighted by Gasteiger charge is -2.33. The molecule has 0 radical (unpaired) electrons. The first kappa shape index (κ1) is 21.5. The molecule has 6 heteroatoms. The molecule has 0 saturated carbocycles. The molecule has 1 aliphatic rings. The lowest BCUT2D eigenvalue weighted by atomic mass is 10.00. The molecule has 0 bridgehead atoms. The molecule has 1 saturated heterocycles. The van der Waals surface area contributed by atoms with Crippen LogP contribution in [-0.2, 0) is 4.79 Å². The van der Waals surface area contributed by atoms with E-state index in [1.807, 2.05) is 6.07 Å². The fourth-order valence-electron chi connectivity index (χ4n) is 3.82. The van der Waals surface area contributed by atoms with Gasteiger partial charge in [0.15, 0.2) is 0 Å². The van der Waals surface area contributed by atoms with Crippen LogP contribution in [0.4, 0.5) is 5.69 Å². The smallest absolute Gasteiger partial charge is 0.226 e. The quantitative estimate of drug-likeness (QED) is 0.692. The van der Waals surface area contributed by atoms with E-state index in [9.17, 15) is 4.79 Å². The summed E-state index contributed by atoms with van der Waals surface area (Å²) < 4.78 is 10.5. The van der Waals surface area contributed by atoms with Crippen LogP contribution in [0.25, 0.3) is 0 Å². The molecule has 1 aliphatic heterocycles. The summed E-state index contributed by atoms with van der Waals surface area (Å²) in [6.07, 6.45) is 3.04. The average molecular weight is 378 g/mol. The molecule has 1 heterocycles. The van der Waals surface area contributed by atoms with Gasteiger partial charge in [0.1, 0.15) is 11.5 Å². The van der Waals surface area contributed by atoms with E-state index in [1.165, 1.54) is 25.9 Å². The van der Waals surface area contributed by atoms with Crippen LogP contribution in [0.1, 0.15) is 40.0 Å². The molecular formula is C21H35N3O3. The molecule has 6 nitrogen and oxygen atoms in total. The van der Waals surface area contributed by atoms with Crippen LogP contribution in [0.2, 0.25) is 0 Å². The normalized spacial score (nSPS) is 20.0. The molecule has 0 aromatic heterocycles. The van der Waals surface area contributed by atoms with E-state index in [1.54, 1.807) is 26.4 Å². The Labute approximate surface area is 163 Å². The molecule has 1 fully saturated rings. The van der Waals surface area contributed by atoms with E-state index in [2.05, 4.69) is 36.3 Å². The number of hydrogen-bond acceptors (Lipinski definition) is 5. The van der Waals surface area contributed by atoms with Gasteiger partial charge in [0.2, 0.25) is 5.91 Å². The molecule has 152 valence electrons. The van der Waals surface area contributed by atoms with E-state index in [4.69, 9.17) is 9.47 Å². The van der Waals surface area contributed by atoms with Crippen molar-refractivity contribution in [1.82, 2.24) is 10.2 Å². The van der Waals surface area contributed by atoms with Crippen molar-refractivity contribution in [2.75, 3.05) is 39.2 Å². The van der Waals surface area contributed by atoms with Crippen molar-refractivity contribution in [2.24, 2.45) is 5.92 Å². The predicted octanol–water partition coefficient (Wildman–Crippen LogP) is 3.13. The molecule has 27 heavy (non-hydrogen) atoms. The van der Waals surface area contributed by atoms with E-state index >= 15 is 0 Å². The second-order valence-electron chi connectivity index (χ2n) is 7.79. The Morgan fingerprint density at radius 3 is 2.70 bits per heavy atom. The number of carbonyl (C=O) groups is 1. The van der Waals surface area contributed by atoms with Gasteiger partial charge in [-0.25, -0.2) is 0 Å². The van der Waals surface area contributed by atoms with Crippen LogP contribution in [-0.4, -0.2) is 56.7 Å². The zero-order valence-electron chi connectivity index (χ0n) is 17.4. The van der Waals surface area contributed by atoms with Gasteiger partial charge in [-0.3, -0.25) is 4.79 Å². The van der Waals surface area contributed by atoms with Gasteiger partial charge in [-0.2, -0.15) is 0 Å². The van der Waals surface area contributed by atoms with Gasteiger partial charge in [-0.1, -0.05) is 6.92 Å². The highest BCUT2D eigenvalue weighted by molar-refractivity contribution is 5.92. The summed E-state index contributed by atoms with van der Waals surface area (Å²) in [6, 6.07) is 5.83. The highest BCUT2D eigenvalue weighted by Crippen LogP contribution is 2.29. The van der Waals surface area contributed by atoms with Crippen LogP contribution in [0, 0.1) is 5.92 Å². The Morgan fingerprint density at radius 1 is 1.26 bits per heavy atom. The summed E-state index contributed by atoms with van der Waals surface area (Å²) in [4.78, 5) is 14.9. The minimum atomic E-state index is -0.0303. The van der Waals surface area contributed by atoms with Gasteiger partial charge in [0, 0.05) is 37.7 Å². The van der Waals surface area contributed by atoms with Gasteiger partial charge in [0.05, 0.1) is 19.9 Å². The maximum Gasteiger partial charge on any atom is 0.226 e. The Morgan fingerprint density at radius 2 is 2.04 bits per heavy atom. The minimum absolute atomic E-state index is 0.0303. The third-order valence-corrected chi connectivity index (χ3v) is 5.02. The number of amides is 1. The van der Waals surface area contributed by atoms with Gasteiger partial charge >= 0.3 is 0 Å². The standard InChI is InChI=1S/C21H35N3O3/c1-15-7-6-10-24(13-15)14-17(3)22-16(2)11-21(25)23-19-9-8-18(26-4)12-20(19)27-5/h8-9,12,15-17,22H,6-7,10-11,13-14H2,1-5H3,(H,23,25). The van der Waals surface area contributed by atoms with E-state index in [0.717, 1.165) is 12.5 Å². The summed E-state index contributed by atoms with van der Waals surface area (Å²) in [7, 11) is 3.18. The maximum atomic E-state index is 12.4. The number of nitrogens with zero attached hydrogens (tertiary/aromatic N) is 1. The molecule has 2 rings (SSSR count). The monoisotopic (exact) mass is 377 g/mol. The zero-order chi connectivity index (χ0) is 19.8. The summed E-state index contributed by atoms with van der Waals surface area (Å²) in [5.41, 5.74) is 0.658. The number of ether oxygens (including phenoxy) is 2. The lowest BCUT2D eigenvalue weighted by Crippen LogP contribution is -2.46. The molecule has 2 N–H and O–H groups in total. The van der Waals surface area contributed by atoms with E-state index in [-0.39, 0.29) is 11.9 Å². The molecule has 1 aromatic rings. The van der Waals surface area contributed by atoms with Gasteiger partial charge < -0.3 is 25.0 Å². The average Bonchev–Trinajstić information content (AvgIpc) is 2.61. The second-order valence-corrected chi connectivity index (χ2v) is 7.79. The first-order valence-electron chi connectivity index (χ1n) is 9.91. The number of piperidine rings is 1. The molecule has 0 aliphatic carbocycles. The van der Waals surface area contributed by atoms with Gasteiger partial charge in [-0.15, -0.1) is 0 Å². The maximum absolute atomic E-state index is 12.4. The second kappa shape index (κ2) is 10.5. The zero-order valence-corrected chi connectivity index (χ0v) is 17.4. The number of benzene rings is 1. The van der Waals surface area contributed by atoms with Crippen molar-refractivity contribution in [1.29, 1.82) is 0 Å². The minimum Gasteiger partial charge on any atom is -0.497 e. The fourth-order valence-corrected chi connectivity index (χ4v) is 3.82. The predicted molar refractivity (Wildman–Crippen MR) is 110 cm³/mol.